The molecular formula is C12H10KPS. The maximum Gasteiger partial charge on any atom is 1.00 e. The van der Waals surface area contributed by atoms with E-state index in [-0.39, 0.29) is 56.6 Å². The molecule has 0 spiro atoms. The first-order chi connectivity index (χ1) is 6.79. The summed E-state index contributed by atoms with van der Waals surface area (Å²) in [4.78, 5) is 0. The fourth-order valence-corrected chi connectivity index (χ4v) is 3.10. The van der Waals surface area contributed by atoms with Crippen LogP contribution in [-0.4, -0.2) is 0 Å². The van der Waals surface area contributed by atoms with E-state index in [9.17, 15) is 0 Å². The average molecular weight is 256 g/mol. The average Bonchev–Trinajstić information content (AvgIpc) is 2.47. The quantitative estimate of drug-likeness (QED) is 0.373. The predicted octanol–water partition coefficient (Wildman–Crippen LogP) is 0.362. The summed E-state index contributed by atoms with van der Waals surface area (Å²) in [6, 6.07) is 12.9. The number of benzene rings is 2. The van der Waals surface area contributed by atoms with Gasteiger partial charge in [0, 0.05) is 0 Å². The van der Waals surface area contributed by atoms with Crippen molar-refractivity contribution in [1.29, 1.82) is 0 Å². The molecule has 0 N–H and O–H groups in total. The normalized spacial score (nSPS) is 22.8. The van der Waals surface area contributed by atoms with Crippen LogP contribution in [0.3, 0.4) is 0 Å². The van der Waals surface area contributed by atoms with Crippen molar-refractivity contribution in [3.63, 3.8) is 0 Å². The molecule has 2 aromatic carbocycles. The largest absolute Gasteiger partial charge is 1.00 e. The van der Waals surface area contributed by atoms with E-state index in [2.05, 4.69) is 45.6 Å². The van der Waals surface area contributed by atoms with E-state index in [4.69, 9.17) is 12.6 Å². The van der Waals surface area contributed by atoms with Crippen molar-refractivity contribution in [2.24, 2.45) is 0 Å². The molecule has 70 valence electrons. The van der Waals surface area contributed by atoms with Gasteiger partial charge in [-0.15, -0.1) is 14.5 Å². The molecule has 1 aliphatic rings. The fraction of sp³-hybridized carbons (Fsp3) is 0.167. The van der Waals surface area contributed by atoms with E-state index in [0.29, 0.717) is 5.66 Å². The Labute approximate surface area is 140 Å². The van der Waals surface area contributed by atoms with Gasteiger partial charge in [0.1, 0.15) is 0 Å². The minimum absolute atomic E-state index is 0. The second-order valence-corrected chi connectivity index (χ2v) is 4.97. The fourth-order valence-electron chi connectivity index (χ4n) is 2.27. The van der Waals surface area contributed by atoms with Crippen LogP contribution in [0.25, 0.3) is 10.8 Å². The molecule has 2 aromatic rings. The smallest absolute Gasteiger partial charge is 0.784 e. The summed E-state index contributed by atoms with van der Waals surface area (Å²) in [5.41, 5.74) is 3.13. The number of hydrogen-bond acceptors (Lipinski definition) is 1. The molecule has 1 aliphatic carbocycles. The van der Waals surface area contributed by atoms with Crippen LogP contribution in [0.4, 0.5) is 0 Å². The second kappa shape index (κ2) is 4.78. The molecule has 3 rings (SSSR count). The molecule has 0 bridgehead atoms. The minimum Gasteiger partial charge on any atom is -0.784 e. The SMILES string of the molecule is PC1c2cccc3cccc(c23)C1[S-].[K+]. The molecule has 3 unspecified atom stereocenters. The van der Waals surface area contributed by atoms with E-state index in [0.717, 1.165) is 0 Å². The molecule has 3 heteroatoms. The van der Waals surface area contributed by atoms with Crippen molar-refractivity contribution >= 4 is 32.6 Å². The second-order valence-electron chi connectivity index (χ2n) is 3.74. The standard InChI is InChI=1S/C12H11PS.K/c13-11-8-5-1-3-7-4-2-6-9(10(7)8)12(11)14;/h1-6,11-12,14H,13H2;/q;+1/p-1. The Kier molecular flexibility index (Phi) is 4.00. The monoisotopic (exact) mass is 256 g/mol. The Balaban J connectivity index is 0.000000853. The summed E-state index contributed by atoms with van der Waals surface area (Å²) < 4.78 is 0. The molecule has 0 radical (unpaired) electrons. The van der Waals surface area contributed by atoms with Gasteiger partial charge >= 0.3 is 51.4 Å². The van der Waals surface area contributed by atoms with Crippen molar-refractivity contribution in [1.82, 2.24) is 0 Å². The summed E-state index contributed by atoms with van der Waals surface area (Å²) in [7, 11) is 2.87. The van der Waals surface area contributed by atoms with Gasteiger partial charge < -0.3 is 12.6 Å². The van der Waals surface area contributed by atoms with Crippen molar-refractivity contribution in [3.8, 4) is 0 Å². The number of rotatable bonds is 0. The topological polar surface area (TPSA) is 0 Å². The Morgan fingerprint density at radius 2 is 1.60 bits per heavy atom. The van der Waals surface area contributed by atoms with Gasteiger partial charge in [-0.05, 0) is 22.0 Å². The van der Waals surface area contributed by atoms with Crippen LogP contribution in [0.5, 0.6) is 0 Å². The maximum absolute atomic E-state index is 5.52. The zero-order valence-corrected chi connectivity index (χ0v) is 13.7. The van der Waals surface area contributed by atoms with Crippen LogP contribution in [0.1, 0.15) is 22.0 Å². The van der Waals surface area contributed by atoms with E-state index < -0.39 is 0 Å². The first-order valence-electron chi connectivity index (χ1n) is 4.72. The molecule has 3 atom stereocenters. The molecule has 15 heavy (non-hydrogen) atoms. The summed E-state index contributed by atoms with van der Waals surface area (Å²) >= 11 is 5.52. The maximum atomic E-state index is 5.52. The van der Waals surface area contributed by atoms with Crippen molar-refractivity contribution in [2.45, 2.75) is 10.9 Å². The third-order valence-corrected chi connectivity index (χ3v) is 4.53. The Hall–Kier alpha value is 1.12. The summed E-state index contributed by atoms with van der Waals surface area (Å²) in [5.74, 6) is 0. The molecular weight excluding hydrogens is 246 g/mol. The van der Waals surface area contributed by atoms with Gasteiger partial charge in [-0.1, -0.05) is 42.0 Å². The van der Waals surface area contributed by atoms with Crippen LogP contribution in [-0.2, 0) is 12.6 Å². The summed E-state index contributed by atoms with van der Waals surface area (Å²) in [6.07, 6.45) is 0. The molecule has 0 amide bonds. The van der Waals surface area contributed by atoms with Gasteiger partial charge in [-0.25, -0.2) is 0 Å². The molecule has 0 saturated carbocycles. The Bertz CT molecular complexity index is 469. The van der Waals surface area contributed by atoms with Gasteiger partial charge in [0.2, 0.25) is 0 Å². The zero-order chi connectivity index (χ0) is 9.71. The predicted molar refractivity (Wildman–Crippen MR) is 66.5 cm³/mol. The van der Waals surface area contributed by atoms with E-state index >= 15 is 0 Å². The van der Waals surface area contributed by atoms with E-state index in [1.807, 2.05) is 0 Å². The molecule has 0 nitrogen and oxygen atoms in total. The Morgan fingerprint density at radius 1 is 1.00 bits per heavy atom. The zero-order valence-electron chi connectivity index (χ0n) is 8.60. The molecule has 0 saturated heterocycles. The van der Waals surface area contributed by atoms with Gasteiger partial charge in [0.25, 0.3) is 0 Å². The molecule has 0 aliphatic heterocycles. The summed E-state index contributed by atoms with van der Waals surface area (Å²) in [6.45, 7) is 0. The molecule has 0 aromatic heterocycles. The van der Waals surface area contributed by atoms with Gasteiger partial charge in [-0.2, -0.15) is 0 Å². The first kappa shape index (κ1) is 12.6. The van der Waals surface area contributed by atoms with Crippen molar-refractivity contribution < 1.29 is 51.4 Å². The molecule has 0 fully saturated rings. The third kappa shape index (κ3) is 1.89. The summed E-state index contributed by atoms with van der Waals surface area (Å²) in [5, 5.41) is 2.93. The molecule has 0 heterocycles. The van der Waals surface area contributed by atoms with Crippen LogP contribution >= 0.6 is 9.24 Å². The minimum atomic E-state index is 0. The van der Waals surface area contributed by atoms with E-state index in [1.54, 1.807) is 0 Å². The third-order valence-electron chi connectivity index (χ3n) is 2.96. The van der Waals surface area contributed by atoms with Crippen LogP contribution in [0, 0.1) is 0 Å². The van der Waals surface area contributed by atoms with Crippen LogP contribution < -0.4 is 51.4 Å². The first-order valence-corrected chi connectivity index (χ1v) is 5.86. The Morgan fingerprint density at radius 3 is 2.27 bits per heavy atom. The van der Waals surface area contributed by atoms with Gasteiger partial charge in [0.05, 0.1) is 0 Å². The van der Waals surface area contributed by atoms with Crippen molar-refractivity contribution in [2.75, 3.05) is 0 Å². The number of hydrogen-bond donors (Lipinski definition) is 0. The van der Waals surface area contributed by atoms with Crippen LogP contribution in [0.15, 0.2) is 36.4 Å². The van der Waals surface area contributed by atoms with Gasteiger partial charge in [-0.3, -0.25) is 0 Å². The van der Waals surface area contributed by atoms with E-state index in [1.165, 1.54) is 21.9 Å². The van der Waals surface area contributed by atoms with Crippen molar-refractivity contribution in [3.05, 3.63) is 47.5 Å². The van der Waals surface area contributed by atoms with Gasteiger partial charge in [0.15, 0.2) is 0 Å². The van der Waals surface area contributed by atoms with Crippen LogP contribution in [0.2, 0.25) is 0 Å².